The minimum atomic E-state index is -0.188. The van der Waals surface area contributed by atoms with Crippen LogP contribution in [-0.2, 0) is 17.8 Å². The Morgan fingerprint density at radius 1 is 1.28 bits per heavy atom. The summed E-state index contributed by atoms with van der Waals surface area (Å²) in [5.41, 5.74) is 7.11. The summed E-state index contributed by atoms with van der Waals surface area (Å²) in [6, 6.07) is 11.6. The first-order valence-corrected chi connectivity index (χ1v) is 8.55. The molecule has 2 heterocycles. The van der Waals surface area contributed by atoms with Gasteiger partial charge in [-0.3, -0.25) is 9.59 Å². The number of carbonyl (C=O) groups is 2. The van der Waals surface area contributed by atoms with Gasteiger partial charge in [-0.25, -0.2) is 0 Å². The van der Waals surface area contributed by atoms with Gasteiger partial charge in [-0.2, -0.15) is 0 Å². The number of nitrogens with one attached hydrogen (secondary N) is 1. The van der Waals surface area contributed by atoms with Gasteiger partial charge in [0, 0.05) is 25.6 Å². The van der Waals surface area contributed by atoms with Gasteiger partial charge in [0.25, 0.3) is 5.91 Å². The van der Waals surface area contributed by atoms with Crippen molar-refractivity contribution in [3.05, 3.63) is 59.5 Å². The summed E-state index contributed by atoms with van der Waals surface area (Å²) in [4.78, 5) is 26.4. The number of amides is 2. The second-order valence-corrected chi connectivity index (χ2v) is 6.29. The summed E-state index contributed by atoms with van der Waals surface area (Å²) in [7, 11) is 0. The average molecular weight is 341 g/mol. The largest absolute Gasteiger partial charge is 0.467 e. The minimum absolute atomic E-state index is 0.0237. The van der Waals surface area contributed by atoms with Gasteiger partial charge in [0.05, 0.1) is 12.1 Å². The number of aryl methyl sites for hydroxylation is 1. The predicted octanol–water partition coefficient (Wildman–Crippen LogP) is 1.70. The maximum atomic E-state index is 12.3. The van der Waals surface area contributed by atoms with E-state index in [2.05, 4.69) is 5.32 Å². The number of hydrogen-bond acceptors (Lipinski definition) is 4. The van der Waals surface area contributed by atoms with Crippen LogP contribution < -0.4 is 11.1 Å². The molecule has 2 amide bonds. The lowest BCUT2D eigenvalue weighted by molar-refractivity contribution is -0.130. The Morgan fingerprint density at radius 3 is 2.80 bits per heavy atom. The highest BCUT2D eigenvalue weighted by Gasteiger charge is 2.27. The molecule has 1 saturated heterocycles. The molecule has 0 saturated carbocycles. The molecule has 2 aromatic rings. The molecule has 132 valence electrons. The second-order valence-electron chi connectivity index (χ2n) is 6.29. The van der Waals surface area contributed by atoms with E-state index in [1.165, 1.54) is 6.26 Å². The average Bonchev–Trinajstić information content (AvgIpc) is 3.30. The van der Waals surface area contributed by atoms with Gasteiger partial charge in [0.2, 0.25) is 5.91 Å². The zero-order valence-corrected chi connectivity index (χ0v) is 14.1. The van der Waals surface area contributed by atoms with Crippen molar-refractivity contribution < 1.29 is 14.0 Å². The van der Waals surface area contributed by atoms with Gasteiger partial charge in [-0.1, -0.05) is 30.3 Å². The molecule has 1 fully saturated rings. The van der Waals surface area contributed by atoms with Crippen LogP contribution in [0, 0.1) is 0 Å². The molecule has 1 aliphatic heterocycles. The van der Waals surface area contributed by atoms with Crippen LogP contribution in [0.15, 0.2) is 47.1 Å². The van der Waals surface area contributed by atoms with E-state index in [1.807, 2.05) is 35.2 Å². The van der Waals surface area contributed by atoms with E-state index in [1.54, 1.807) is 6.07 Å². The maximum absolute atomic E-state index is 12.3. The smallest absolute Gasteiger partial charge is 0.254 e. The van der Waals surface area contributed by atoms with Gasteiger partial charge >= 0.3 is 0 Å². The molecule has 3 rings (SSSR count). The van der Waals surface area contributed by atoms with Crippen LogP contribution in [0.3, 0.4) is 0 Å². The first kappa shape index (κ1) is 17.2. The summed E-state index contributed by atoms with van der Waals surface area (Å²) >= 11 is 0. The third-order valence-electron chi connectivity index (χ3n) is 4.46. The fraction of sp³-hybridized carbons (Fsp3) is 0.368. The molecule has 0 spiro atoms. The second kappa shape index (κ2) is 7.98. The summed E-state index contributed by atoms with van der Waals surface area (Å²) in [6.45, 7) is 1.50. The number of hydrogen-bond donors (Lipinski definition) is 2. The van der Waals surface area contributed by atoms with Crippen LogP contribution in [0.5, 0.6) is 0 Å². The highest BCUT2D eigenvalue weighted by atomic mass is 16.3. The summed E-state index contributed by atoms with van der Waals surface area (Å²) in [6.07, 6.45) is 3.41. The van der Waals surface area contributed by atoms with Gasteiger partial charge in [-0.05, 0) is 24.5 Å². The maximum Gasteiger partial charge on any atom is 0.254 e. The highest BCUT2D eigenvalue weighted by molar-refractivity contribution is 5.94. The molecule has 1 atom stereocenters. The Hall–Kier alpha value is -2.60. The lowest BCUT2D eigenvalue weighted by Crippen LogP contribution is -2.38. The van der Waals surface area contributed by atoms with Gasteiger partial charge in [0.15, 0.2) is 0 Å². The van der Waals surface area contributed by atoms with E-state index in [0.29, 0.717) is 30.8 Å². The summed E-state index contributed by atoms with van der Waals surface area (Å²) in [5, 5.41) is 2.96. The molecule has 1 unspecified atom stereocenters. The molecule has 0 radical (unpaired) electrons. The number of rotatable bonds is 6. The van der Waals surface area contributed by atoms with Crippen LogP contribution in [0.2, 0.25) is 0 Å². The lowest BCUT2D eigenvalue weighted by Gasteiger charge is -2.17. The Balaban J connectivity index is 1.46. The summed E-state index contributed by atoms with van der Waals surface area (Å²) < 4.78 is 5.18. The van der Waals surface area contributed by atoms with Crippen molar-refractivity contribution in [1.82, 2.24) is 10.2 Å². The normalized spacial score (nSPS) is 16.8. The summed E-state index contributed by atoms with van der Waals surface area (Å²) in [5.74, 6) is 0.524. The van der Waals surface area contributed by atoms with Crippen LogP contribution >= 0.6 is 0 Å². The molecular formula is C19H23N3O3. The van der Waals surface area contributed by atoms with E-state index >= 15 is 0 Å². The SMILES string of the molecule is NCc1cc(C(=O)NC2CCN(C(=O)CCc3ccccc3)C2)co1. The lowest BCUT2D eigenvalue weighted by atomic mass is 10.1. The fourth-order valence-electron chi connectivity index (χ4n) is 3.03. The van der Waals surface area contributed by atoms with Crippen molar-refractivity contribution >= 4 is 11.8 Å². The van der Waals surface area contributed by atoms with E-state index in [4.69, 9.17) is 10.2 Å². The monoisotopic (exact) mass is 341 g/mol. The Bertz CT molecular complexity index is 727. The van der Waals surface area contributed by atoms with Gasteiger partial charge in [0.1, 0.15) is 12.0 Å². The zero-order valence-electron chi connectivity index (χ0n) is 14.1. The van der Waals surface area contributed by atoms with Crippen LogP contribution in [0.1, 0.15) is 34.5 Å². The zero-order chi connectivity index (χ0) is 17.6. The van der Waals surface area contributed by atoms with Crippen LogP contribution in [0.25, 0.3) is 0 Å². The van der Waals surface area contributed by atoms with Crippen molar-refractivity contribution in [3.8, 4) is 0 Å². The molecule has 25 heavy (non-hydrogen) atoms. The number of nitrogens with zero attached hydrogens (tertiary/aromatic N) is 1. The fourth-order valence-corrected chi connectivity index (χ4v) is 3.03. The standard InChI is InChI=1S/C19H23N3O3/c20-11-17-10-15(13-25-17)19(24)21-16-8-9-22(12-16)18(23)7-6-14-4-2-1-3-5-14/h1-5,10,13,16H,6-9,11-12,20H2,(H,21,24). The Kier molecular flexibility index (Phi) is 5.50. The molecule has 1 aliphatic rings. The van der Waals surface area contributed by atoms with Crippen molar-refractivity contribution in [2.45, 2.75) is 31.8 Å². The van der Waals surface area contributed by atoms with E-state index < -0.39 is 0 Å². The van der Waals surface area contributed by atoms with E-state index in [0.717, 1.165) is 18.4 Å². The minimum Gasteiger partial charge on any atom is -0.467 e. The first-order valence-electron chi connectivity index (χ1n) is 8.55. The number of likely N-dealkylation sites (tertiary alicyclic amines) is 1. The molecule has 1 aromatic carbocycles. The van der Waals surface area contributed by atoms with E-state index in [-0.39, 0.29) is 24.4 Å². The van der Waals surface area contributed by atoms with E-state index in [9.17, 15) is 9.59 Å². The predicted molar refractivity (Wildman–Crippen MR) is 93.8 cm³/mol. The van der Waals surface area contributed by atoms with Crippen molar-refractivity contribution in [3.63, 3.8) is 0 Å². The van der Waals surface area contributed by atoms with Crippen molar-refractivity contribution in [2.24, 2.45) is 5.73 Å². The van der Waals surface area contributed by atoms with Crippen LogP contribution in [0.4, 0.5) is 0 Å². The molecule has 0 aliphatic carbocycles. The molecule has 0 bridgehead atoms. The van der Waals surface area contributed by atoms with Gasteiger partial charge in [-0.15, -0.1) is 0 Å². The molecular weight excluding hydrogens is 318 g/mol. The number of furan rings is 1. The van der Waals surface area contributed by atoms with Crippen LogP contribution in [-0.4, -0.2) is 35.8 Å². The van der Waals surface area contributed by atoms with Crippen molar-refractivity contribution in [2.75, 3.05) is 13.1 Å². The molecule has 1 aromatic heterocycles. The highest BCUT2D eigenvalue weighted by Crippen LogP contribution is 2.14. The number of benzene rings is 1. The number of carbonyl (C=O) groups excluding carboxylic acids is 2. The van der Waals surface area contributed by atoms with Crippen molar-refractivity contribution in [1.29, 1.82) is 0 Å². The third-order valence-corrected chi connectivity index (χ3v) is 4.46. The Labute approximate surface area is 147 Å². The quantitative estimate of drug-likeness (QED) is 0.837. The molecule has 6 heteroatoms. The number of nitrogens with two attached hydrogens (primary N) is 1. The Morgan fingerprint density at radius 2 is 2.08 bits per heavy atom. The molecule has 3 N–H and O–H groups in total. The topological polar surface area (TPSA) is 88.6 Å². The third kappa shape index (κ3) is 4.48. The van der Waals surface area contributed by atoms with Gasteiger partial charge < -0.3 is 20.4 Å². The first-order chi connectivity index (χ1) is 12.2. The molecule has 6 nitrogen and oxygen atoms in total.